The van der Waals surface area contributed by atoms with Crippen molar-refractivity contribution in [2.24, 2.45) is 0 Å². The molecule has 0 aliphatic rings. The molecule has 0 bridgehead atoms. The summed E-state index contributed by atoms with van der Waals surface area (Å²) in [5.74, 6) is -0.412. The van der Waals surface area contributed by atoms with Crippen molar-refractivity contribution in [1.82, 2.24) is 10.3 Å². The summed E-state index contributed by atoms with van der Waals surface area (Å²) in [6, 6.07) is 18.3. The van der Waals surface area contributed by atoms with Crippen LogP contribution in [0.1, 0.15) is 16.1 Å². The van der Waals surface area contributed by atoms with Crippen molar-refractivity contribution in [2.45, 2.75) is 12.5 Å². The van der Waals surface area contributed by atoms with Gasteiger partial charge in [-0.15, -0.1) is 0 Å². The SMILES string of the molecule is O=C(NCC(O)Cc1ccccc1)c1cc2ccccc2c(=O)[nH]1. The molecule has 1 amide bonds. The molecular weight excluding hydrogens is 304 g/mol. The Balaban J connectivity index is 1.66. The van der Waals surface area contributed by atoms with Gasteiger partial charge in [-0.1, -0.05) is 48.5 Å². The number of aromatic nitrogens is 1. The van der Waals surface area contributed by atoms with Gasteiger partial charge in [0, 0.05) is 18.4 Å². The first-order chi connectivity index (χ1) is 11.6. The number of carbonyl (C=O) groups is 1. The van der Waals surface area contributed by atoms with E-state index in [-0.39, 0.29) is 17.8 Å². The van der Waals surface area contributed by atoms with Gasteiger partial charge in [-0.25, -0.2) is 0 Å². The van der Waals surface area contributed by atoms with E-state index in [4.69, 9.17) is 0 Å². The summed E-state index contributed by atoms with van der Waals surface area (Å²) in [7, 11) is 0. The molecule has 1 unspecified atom stereocenters. The lowest BCUT2D eigenvalue weighted by molar-refractivity contribution is 0.0911. The quantitative estimate of drug-likeness (QED) is 0.670. The number of rotatable bonds is 5. The molecule has 0 spiro atoms. The van der Waals surface area contributed by atoms with Crippen LogP contribution in [0, 0.1) is 0 Å². The number of aliphatic hydroxyl groups excluding tert-OH is 1. The maximum atomic E-state index is 12.2. The van der Waals surface area contributed by atoms with Gasteiger partial charge in [0.2, 0.25) is 0 Å². The number of carbonyl (C=O) groups excluding carboxylic acids is 1. The Bertz CT molecular complexity index is 903. The van der Waals surface area contributed by atoms with Crippen LogP contribution in [0.3, 0.4) is 0 Å². The molecule has 1 atom stereocenters. The zero-order valence-corrected chi connectivity index (χ0v) is 13.0. The number of fused-ring (bicyclic) bond motifs is 1. The number of hydrogen-bond donors (Lipinski definition) is 3. The van der Waals surface area contributed by atoms with Gasteiger partial charge in [-0.2, -0.15) is 0 Å². The average Bonchev–Trinajstić information content (AvgIpc) is 2.60. The molecule has 0 saturated heterocycles. The van der Waals surface area contributed by atoms with E-state index in [1.807, 2.05) is 36.4 Å². The topological polar surface area (TPSA) is 82.2 Å². The maximum absolute atomic E-state index is 12.2. The third-order valence-corrected chi connectivity index (χ3v) is 3.81. The Hall–Kier alpha value is -2.92. The lowest BCUT2D eigenvalue weighted by Crippen LogP contribution is -2.34. The molecule has 24 heavy (non-hydrogen) atoms. The van der Waals surface area contributed by atoms with Crippen LogP contribution < -0.4 is 10.9 Å². The van der Waals surface area contributed by atoms with Crippen molar-refractivity contribution in [3.63, 3.8) is 0 Å². The summed E-state index contributed by atoms with van der Waals surface area (Å²) in [6.45, 7) is 0.114. The maximum Gasteiger partial charge on any atom is 0.267 e. The molecule has 0 aliphatic carbocycles. The van der Waals surface area contributed by atoms with Gasteiger partial charge in [0.1, 0.15) is 5.69 Å². The minimum Gasteiger partial charge on any atom is -0.391 e. The van der Waals surface area contributed by atoms with E-state index in [1.165, 1.54) is 0 Å². The van der Waals surface area contributed by atoms with Gasteiger partial charge in [0.05, 0.1) is 6.10 Å². The number of hydrogen-bond acceptors (Lipinski definition) is 3. The average molecular weight is 322 g/mol. The largest absolute Gasteiger partial charge is 0.391 e. The zero-order valence-electron chi connectivity index (χ0n) is 13.0. The van der Waals surface area contributed by atoms with Gasteiger partial charge in [-0.05, 0) is 23.1 Å². The molecule has 122 valence electrons. The second-order valence-corrected chi connectivity index (χ2v) is 5.65. The molecule has 0 saturated carbocycles. The number of H-pyrrole nitrogens is 1. The van der Waals surface area contributed by atoms with Gasteiger partial charge in [0.25, 0.3) is 11.5 Å². The molecule has 0 fully saturated rings. The van der Waals surface area contributed by atoms with Crippen molar-refractivity contribution < 1.29 is 9.90 Å². The number of aliphatic hydroxyl groups is 1. The van der Waals surface area contributed by atoms with Crippen LogP contribution in [-0.2, 0) is 6.42 Å². The van der Waals surface area contributed by atoms with E-state index in [0.29, 0.717) is 17.2 Å². The van der Waals surface area contributed by atoms with Gasteiger partial charge in [0.15, 0.2) is 0 Å². The molecule has 3 rings (SSSR count). The Morgan fingerprint density at radius 2 is 1.79 bits per heavy atom. The Morgan fingerprint density at radius 3 is 2.58 bits per heavy atom. The predicted molar refractivity (Wildman–Crippen MR) is 93.1 cm³/mol. The number of aromatic amines is 1. The third-order valence-electron chi connectivity index (χ3n) is 3.81. The first kappa shape index (κ1) is 16.0. The molecule has 5 nitrogen and oxygen atoms in total. The highest BCUT2D eigenvalue weighted by atomic mass is 16.3. The van der Waals surface area contributed by atoms with Crippen molar-refractivity contribution in [3.8, 4) is 0 Å². The fraction of sp³-hybridized carbons (Fsp3) is 0.158. The Labute approximate surface area is 139 Å². The fourth-order valence-corrected chi connectivity index (χ4v) is 2.60. The van der Waals surface area contributed by atoms with Crippen molar-refractivity contribution in [2.75, 3.05) is 6.54 Å². The summed E-state index contributed by atoms with van der Waals surface area (Å²) in [4.78, 5) is 26.8. The number of benzene rings is 2. The van der Waals surface area contributed by atoms with Gasteiger partial charge >= 0.3 is 0 Å². The molecule has 3 N–H and O–H groups in total. The highest BCUT2D eigenvalue weighted by Gasteiger charge is 2.12. The van der Waals surface area contributed by atoms with Crippen LogP contribution in [-0.4, -0.2) is 28.6 Å². The highest BCUT2D eigenvalue weighted by Crippen LogP contribution is 2.10. The smallest absolute Gasteiger partial charge is 0.267 e. The first-order valence-corrected chi connectivity index (χ1v) is 7.76. The predicted octanol–water partition coefficient (Wildman–Crippen LogP) is 1.86. The van der Waals surface area contributed by atoms with E-state index in [2.05, 4.69) is 10.3 Å². The van der Waals surface area contributed by atoms with Crippen LogP contribution in [0.2, 0.25) is 0 Å². The molecule has 2 aromatic carbocycles. The highest BCUT2D eigenvalue weighted by molar-refractivity contribution is 5.96. The summed E-state index contributed by atoms with van der Waals surface area (Å²) in [5, 5.41) is 13.9. The van der Waals surface area contributed by atoms with Crippen molar-refractivity contribution >= 4 is 16.7 Å². The molecule has 0 aliphatic heterocycles. The molecule has 3 aromatic rings. The van der Waals surface area contributed by atoms with Crippen molar-refractivity contribution in [3.05, 3.63) is 82.3 Å². The van der Waals surface area contributed by atoms with Crippen LogP contribution in [0.5, 0.6) is 0 Å². The first-order valence-electron chi connectivity index (χ1n) is 7.76. The van der Waals surface area contributed by atoms with E-state index >= 15 is 0 Å². The lowest BCUT2D eigenvalue weighted by Gasteiger charge is -2.12. The molecule has 1 heterocycles. The molecule has 0 radical (unpaired) electrons. The van der Waals surface area contributed by atoms with Gasteiger partial charge < -0.3 is 15.4 Å². The summed E-state index contributed by atoms with van der Waals surface area (Å²) >= 11 is 0. The second-order valence-electron chi connectivity index (χ2n) is 5.65. The minimum absolute atomic E-state index is 0.114. The van der Waals surface area contributed by atoms with E-state index in [0.717, 1.165) is 5.56 Å². The monoisotopic (exact) mass is 322 g/mol. The standard InChI is InChI=1S/C19H18N2O3/c22-15(10-13-6-2-1-3-7-13)12-20-19(24)17-11-14-8-4-5-9-16(14)18(23)21-17/h1-9,11,15,22H,10,12H2,(H,20,24)(H,21,23). The van der Waals surface area contributed by atoms with E-state index in [9.17, 15) is 14.7 Å². The second kappa shape index (κ2) is 7.10. The zero-order chi connectivity index (χ0) is 16.9. The summed E-state index contributed by atoms with van der Waals surface area (Å²) in [5.41, 5.74) is 0.882. The Kier molecular flexibility index (Phi) is 4.72. The molecule has 1 aromatic heterocycles. The van der Waals surface area contributed by atoms with Crippen LogP contribution in [0.15, 0.2) is 65.5 Å². The summed E-state index contributed by atoms with van der Waals surface area (Å²) < 4.78 is 0. The third kappa shape index (κ3) is 3.70. The van der Waals surface area contributed by atoms with E-state index < -0.39 is 12.0 Å². The lowest BCUT2D eigenvalue weighted by atomic mass is 10.1. The Morgan fingerprint density at radius 1 is 1.08 bits per heavy atom. The molecular formula is C19H18N2O3. The fourth-order valence-electron chi connectivity index (χ4n) is 2.60. The van der Waals surface area contributed by atoms with E-state index in [1.54, 1.807) is 24.3 Å². The number of pyridine rings is 1. The minimum atomic E-state index is -0.691. The van der Waals surface area contributed by atoms with Crippen LogP contribution >= 0.6 is 0 Å². The summed E-state index contributed by atoms with van der Waals surface area (Å²) in [6.07, 6.45) is -0.237. The van der Waals surface area contributed by atoms with Gasteiger partial charge in [-0.3, -0.25) is 9.59 Å². The van der Waals surface area contributed by atoms with Crippen LogP contribution in [0.4, 0.5) is 0 Å². The van der Waals surface area contributed by atoms with Crippen molar-refractivity contribution in [1.29, 1.82) is 0 Å². The van der Waals surface area contributed by atoms with Crippen LogP contribution in [0.25, 0.3) is 10.8 Å². The normalized spacial score (nSPS) is 12.0. The molecule has 5 heteroatoms. The number of nitrogens with one attached hydrogen (secondary N) is 2. The number of amides is 1.